The van der Waals surface area contributed by atoms with Crippen molar-refractivity contribution in [2.75, 3.05) is 31.2 Å². The summed E-state index contributed by atoms with van der Waals surface area (Å²) >= 11 is 0. The van der Waals surface area contributed by atoms with E-state index in [9.17, 15) is 13.2 Å². The summed E-state index contributed by atoms with van der Waals surface area (Å²) in [4.78, 5) is 11.9. The van der Waals surface area contributed by atoms with Crippen LogP contribution in [0, 0.1) is 5.92 Å². The minimum atomic E-state index is -3.02. The zero-order valence-corrected chi connectivity index (χ0v) is 13.3. The van der Waals surface area contributed by atoms with E-state index in [-0.39, 0.29) is 48.5 Å². The maximum Gasteiger partial charge on any atom is 0.239 e. The maximum absolute atomic E-state index is 11.9. The van der Waals surface area contributed by atoms with E-state index in [4.69, 9.17) is 4.74 Å². The number of sulfone groups is 1. The van der Waals surface area contributed by atoms with Crippen LogP contribution in [0.25, 0.3) is 0 Å². The van der Waals surface area contributed by atoms with Crippen LogP contribution in [0.15, 0.2) is 0 Å². The largest absolute Gasteiger partial charge is 0.375 e. The zero-order valence-electron chi connectivity index (χ0n) is 11.6. The summed E-state index contributed by atoms with van der Waals surface area (Å²) in [5.74, 6) is 0.462. The molecule has 0 aromatic carbocycles. The van der Waals surface area contributed by atoms with Gasteiger partial charge in [-0.2, -0.15) is 0 Å². The lowest BCUT2D eigenvalue weighted by atomic mass is 10.1. The molecule has 2 N–H and O–H groups in total. The van der Waals surface area contributed by atoms with Gasteiger partial charge in [0.15, 0.2) is 9.84 Å². The zero-order chi connectivity index (χ0) is 13.9. The summed E-state index contributed by atoms with van der Waals surface area (Å²) in [5.41, 5.74) is 0. The van der Waals surface area contributed by atoms with Crippen molar-refractivity contribution in [3.63, 3.8) is 0 Å². The van der Waals surface area contributed by atoms with Crippen LogP contribution >= 0.6 is 12.4 Å². The molecule has 0 radical (unpaired) electrons. The normalized spacial score (nSPS) is 26.6. The van der Waals surface area contributed by atoms with Gasteiger partial charge in [0.05, 0.1) is 24.2 Å². The smallest absolute Gasteiger partial charge is 0.239 e. The number of nitrogens with one attached hydrogen (secondary N) is 2. The van der Waals surface area contributed by atoms with Gasteiger partial charge in [-0.3, -0.25) is 4.79 Å². The number of halogens is 1. The third-order valence-electron chi connectivity index (χ3n) is 3.50. The third-order valence-corrected chi connectivity index (χ3v) is 5.30. The van der Waals surface area contributed by atoms with Crippen LogP contribution in [0.5, 0.6) is 0 Å². The Kier molecular flexibility index (Phi) is 6.71. The molecule has 2 aliphatic rings. The first-order valence-electron chi connectivity index (χ1n) is 6.81. The molecule has 0 unspecified atom stereocenters. The van der Waals surface area contributed by atoms with Crippen LogP contribution in [0.1, 0.15) is 19.8 Å². The minimum absolute atomic E-state index is 0. The Morgan fingerprint density at radius 3 is 2.70 bits per heavy atom. The van der Waals surface area contributed by atoms with Crippen LogP contribution in [0.4, 0.5) is 0 Å². The number of rotatable bonds is 6. The first kappa shape index (κ1) is 17.7. The highest BCUT2D eigenvalue weighted by Crippen LogP contribution is 2.30. The van der Waals surface area contributed by atoms with Crippen molar-refractivity contribution >= 4 is 28.2 Å². The molecule has 1 saturated heterocycles. The lowest BCUT2D eigenvalue weighted by molar-refractivity contribution is -0.128. The predicted octanol–water partition coefficient (Wildman–Crippen LogP) is -0.274. The summed E-state index contributed by atoms with van der Waals surface area (Å²) in [5, 5.41) is 5.74. The second kappa shape index (κ2) is 7.59. The molecule has 2 rings (SSSR count). The summed E-state index contributed by atoms with van der Waals surface area (Å²) in [7, 11) is -3.02. The van der Waals surface area contributed by atoms with Gasteiger partial charge in [0, 0.05) is 13.1 Å². The van der Waals surface area contributed by atoms with Gasteiger partial charge < -0.3 is 15.4 Å². The Labute approximate surface area is 126 Å². The van der Waals surface area contributed by atoms with E-state index in [0.29, 0.717) is 19.1 Å². The van der Waals surface area contributed by atoms with Gasteiger partial charge in [0.2, 0.25) is 5.91 Å². The van der Waals surface area contributed by atoms with Gasteiger partial charge in [0.25, 0.3) is 0 Å². The molecule has 1 aliphatic heterocycles. The van der Waals surface area contributed by atoms with Gasteiger partial charge in [0.1, 0.15) is 6.04 Å². The molecule has 1 saturated carbocycles. The molecular weight excluding hydrogens is 304 g/mol. The molecule has 20 heavy (non-hydrogen) atoms. The lowest BCUT2D eigenvalue weighted by Gasteiger charge is -2.29. The molecule has 6 nitrogen and oxygen atoms in total. The molecule has 1 aliphatic carbocycles. The van der Waals surface area contributed by atoms with Gasteiger partial charge in [-0.15, -0.1) is 12.4 Å². The Hall–Kier alpha value is -0.370. The van der Waals surface area contributed by atoms with E-state index in [1.807, 2.05) is 6.92 Å². The Morgan fingerprint density at radius 1 is 1.40 bits per heavy atom. The fourth-order valence-corrected chi connectivity index (χ4v) is 3.83. The van der Waals surface area contributed by atoms with Gasteiger partial charge >= 0.3 is 0 Å². The Bertz CT molecular complexity index is 425. The van der Waals surface area contributed by atoms with Crippen molar-refractivity contribution in [1.29, 1.82) is 0 Å². The summed E-state index contributed by atoms with van der Waals surface area (Å²) in [6.07, 6.45) is 1.86. The highest BCUT2D eigenvalue weighted by atomic mass is 35.5. The van der Waals surface area contributed by atoms with Crippen LogP contribution in [0.3, 0.4) is 0 Å². The van der Waals surface area contributed by atoms with Crippen molar-refractivity contribution in [2.24, 2.45) is 5.92 Å². The van der Waals surface area contributed by atoms with Crippen molar-refractivity contribution in [1.82, 2.24) is 10.6 Å². The first-order chi connectivity index (χ1) is 8.98. The van der Waals surface area contributed by atoms with E-state index < -0.39 is 9.84 Å². The van der Waals surface area contributed by atoms with Crippen molar-refractivity contribution in [2.45, 2.75) is 31.9 Å². The van der Waals surface area contributed by atoms with Crippen LogP contribution in [-0.2, 0) is 19.4 Å². The molecule has 118 valence electrons. The van der Waals surface area contributed by atoms with Gasteiger partial charge in [-0.25, -0.2) is 8.42 Å². The van der Waals surface area contributed by atoms with Gasteiger partial charge in [-0.05, 0) is 25.7 Å². The monoisotopic (exact) mass is 326 g/mol. The van der Waals surface area contributed by atoms with E-state index in [1.165, 1.54) is 0 Å². The fraction of sp³-hybridized carbons (Fsp3) is 0.917. The van der Waals surface area contributed by atoms with E-state index >= 15 is 0 Å². The number of ether oxygens (including phenoxy) is 1. The van der Waals surface area contributed by atoms with Crippen LogP contribution in [-0.4, -0.2) is 57.7 Å². The predicted molar refractivity (Wildman–Crippen MR) is 78.8 cm³/mol. The third kappa shape index (κ3) is 5.55. The van der Waals surface area contributed by atoms with E-state index in [2.05, 4.69) is 10.6 Å². The molecule has 8 heteroatoms. The van der Waals surface area contributed by atoms with Crippen molar-refractivity contribution in [3.8, 4) is 0 Å². The summed E-state index contributed by atoms with van der Waals surface area (Å²) in [6.45, 7) is 3.25. The van der Waals surface area contributed by atoms with Gasteiger partial charge in [-0.1, -0.05) is 0 Å². The quantitative estimate of drug-likeness (QED) is 0.701. The average molecular weight is 327 g/mol. The topological polar surface area (TPSA) is 84.5 Å². The number of morpholine rings is 1. The molecule has 1 amide bonds. The van der Waals surface area contributed by atoms with Crippen LogP contribution in [0.2, 0.25) is 0 Å². The molecule has 2 atom stereocenters. The number of hydrogen-bond donors (Lipinski definition) is 2. The Balaban J connectivity index is 0.00000200. The molecule has 2 fully saturated rings. The highest BCUT2D eigenvalue weighted by Gasteiger charge is 2.30. The molecule has 1 heterocycles. The number of carbonyl (C=O) groups is 1. The lowest BCUT2D eigenvalue weighted by Crippen LogP contribution is -2.55. The fourth-order valence-electron chi connectivity index (χ4n) is 2.19. The SMILES string of the molecule is C[C@H]1OCCN[C@@H]1C(=O)NCCS(=O)(=O)CC1CC1.Cl. The summed E-state index contributed by atoms with van der Waals surface area (Å²) in [6, 6.07) is -0.389. The molecule has 0 spiro atoms. The van der Waals surface area contributed by atoms with Crippen LogP contribution < -0.4 is 10.6 Å². The van der Waals surface area contributed by atoms with Crippen molar-refractivity contribution in [3.05, 3.63) is 0 Å². The molecule has 0 bridgehead atoms. The molecular formula is C12H23ClN2O4S. The minimum Gasteiger partial charge on any atom is -0.375 e. The second-order valence-corrected chi connectivity index (χ2v) is 7.59. The number of carbonyl (C=O) groups excluding carboxylic acids is 1. The first-order valence-corrected chi connectivity index (χ1v) is 8.63. The van der Waals surface area contributed by atoms with E-state index in [0.717, 1.165) is 12.8 Å². The van der Waals surface area contributed by atoms with E-state index in [1.54, 1.807) is 0 Å². The van der Waals surface area contributed by atoms with Crippen molar-refractivity contribution < 1.29 is 17.9 Å². The highest BCUT2D eigenvalue weighted by molar-refractivity contribution is 7.91. The average Bonchev–Trinajstić information content (AvgIpc) is 3.12. The standard InChI is InChI=1S/C12H22N2O4S.ClH/c1-9-11(13-4-6-18-9)12(15)14-5-7-19(16,17)8-10-2-3-10;/h9-11,13H,2-8H2,1H3,(H,14,15);1H/t9-,11+;/m1./s1. The molecule has 0 aromatic heterocycles. The number of amides is 1. The Morgan fingerprint density at radius 2 is 2.10 bits per heavy atom. The summed E-state index contributed by atoms with van der Waals surface area (Å²) < 4.78 is 28.8. The number of hydrogen-bond acceptors (Lipinski definition) is 5. The second-order valence-electron chi connectivity index (χ2n) is 5.36. The maximum atomic E-state index is 11.9. The molecule has 0 aromatic rings.